The predicted octanol–water partition coefficient (Wildman–Crippen LogP) is 2.67. The van der Waals surface area contributed by atoms with Crippen LogP contribution in [0, 0.1) is 5.92 Å². The third-order valence-corrected chi connectivity index (χ3v) is 3.50. The first-order valence-electron chi connectivity index (χ1n) is 4.93. The van der Waals surface area contributed by atoms with Gasteiger partial charge in [-0.3, -0.25) is 0 Å². The number of halogens is 3. The molecule has 1 heterocycles. The molecule has 0 aliphatic carbocycles. The van der Waals surface area contributed by atoms with E-state index in [2.05, 4.69) is 5.32 Å². The lowest BCUT2D eigenvalue weighted by Crippen LogP contribution is -2.24. The second-order valence-corrected chi connectivity index (χ2v) is 4.80. The molecule has 1 nitrogen and oxygen atoms in total. The summed E-state index contributed by atoms with van der Waals surface area (Å²) in [5.74, 6) is 3.03. The number of thioether (sulfide) groups is 1. The average molecular weight is 227 g/mol. The smallest absolute Gasteiger partial charge is 0.316 e. The van der Waals surface area contributed by atoms with E-state index in [-0.39, 0.29) is 6.42 Å². The van der Waals surface area contributed by atoms with E-state index >= 15 is 0 Å². The summed E-state index contributed by atoms with van der Waals surface area (Å²) in [5.41, 5.74) is 0. The van der Waals surface area contributed by atoms with E-state index in [1.165, 1.54) is 12.2 Å². The largest absolute Gasteiger partial charge is 0.389 e. The van der Waals surface area contributed by atoms with Crippen molar-refractivity contribution in [3.05, 3.63) is 0 Å². The van der Waals surface area contributed by atoms with Crippen molar-refractivity contribution in [3.63, 3.8) is 0 Å². The third-order valence-electron chi connectivity index (χ3n) is 2.27. The monoisotopic (exact) mass is 227 g/mol. The Morgan fingerprint density at radius 1 is 1.36 bits per heavy atom. The zero-order valence-corrected chi connectivity index (χ0v) is 8.89. The van der Waals surface area contributed by atoms with Gasteiger partial charge in [-0.2, -0.15) is 24.9 Å². The molecule has 84 valence electrons. The molecule has 1 N–H and O–H groups in total. The maximum atomic E-state index is 11.8. The molecule has 1 rings (SSSR count). The van der Waals surface area contributed by atoms with Crippen molar-refractivity contribution in [2.75, 3.05) is 24.6 Å². The average Bonchev–Trinajstić information content (AvgIpc) is 2.54. The van der Waals surface area contributed by atoms with E-state index in [1.807, 2.05) is 11.8 Å². The van der Waals surface area contributed by atoms with Crippen molar-refractivity contribution < 1.29 is 13.2 Å². The van der Waals surface area contributed by atoms with Gasteiger partial charge in [0.15, 0.2) is 0 Å². The Morgan fingerprint density at radius 3 is 2.71 bits per heavy atom. The van der Waals surface area contributed by atoms with E-state index in [4.69, 9.17) is 0 Å². The fourth-order valence-electron chi connectivity index (χ4n) is 1.46. The van der Waals surface area contributed by atoms with Gasteiger partial charge in [0.05, 0.1) is 0 Å². The quantitative estimate of drug-likeness (QED) is 0.725. The van der Waals surface area contributed by atoms with Crippen LogP contribution in [0.4, 0.5) is 13.2 Å². The topological polar surface area (TPSA) is 12.0 Å². The molecule has 0 aromatic carbocycles. The molecule has 5 heteroatoms. The van der Waals surface area contributed by atoms with Crippen molar-refractivity contribution in [2.45, 2.75) is 25.4 Å². The minimum Gasteiger partial charge on any atom is -0.316 e. The van der Waals surface area contributed by atoms with Gasteiger partial charge >= 0.3 is 6.18 Å². The minimum absolute atomic E-state index is 0.198. The highest BCUT2D eigenvalue weighted by molar-refractivity contribution is 7.99. The van der Waals surface area contributed by atoms with Crippen LogP contribution >= 0.6 is 11.8 Å². The summed E-state index contributed by atoms with van der Waals surface area (Å²) in [6.07, 6.45) is -3.26. The first kappa shape index (κ1) is 12.2. The summed E-state index contributed by atoms with van der Waals surface area (Å²) in [6.45, 7) is 1.37. The molecule has 1 aliphatic rings. The van der Waals surface area contributed by atoms with Gasteiger partial charge in [-0.05, 0) is 43.4 Å². The molecular formula is C9H16F3NS. The van der Waals surface area contributed by atoms with E-state index < -0.39 is 12.6 Å². The van der Waals surface area contributed by atoms with E-state index in [0.29, 0.717) is 12.5 Å². The number of alkyl halides is 3. The lowest BCUT2D eigenvalue weighted by molar-refractivity contribution is -0.135. The zero-order chi connectivity index (χ0) is 10.4. The molecule has 0 amide bonds. The number of rotatable bonds is 5. The molecule has 1 unspecified atom stereocenters. The predicted molar refractivity (Wildman–Crippen MR) is 53.6 cm³/mol. The minimum atomic E-state index is -4.00. The summed E-state index contributed by atoms with van der Waals surface area (Å²) < 4.78 is 35.3. The summed E-state index contributed by atoms with van der Waals surface area (Å²) in [5, 5.41) is 3.09. The molecule has 14 heavy (non-hydrogen) atoms. The maximum absolute atomic E-state index is 11.8. The Labute approximate surface area is 86.8 Å². The van der Waals surface area contributed by atoms with Gasteiger partial charge < -0.3 is 5.32 Å². The van der Waals surface area contributed by atoms with Crippen molar-refractivity contribution in [2.24, 2.45) is 5.92 Å². The standard InChI is InChI=1S/C9H16F3NS/c10-9(11,12)3-1-4-13-6-8-2-5-14-7-8/h8,13H,1-7H2. The number of hydrogen-bond acceptors (Lipinski definition) is 2. The Morgan fingerprint density at radius 2 is 2.14 bits per heavy atom. The summed E-state index contributed by atoms with van der Waals surface area (Å²) >= 11 is 1.93. The van der Waals surface area contributed by atoms with Crippen LogP contribution in [0.3, 0.4) is 0 Å². The van der Waals surface area contributed by atoms with Crippen molar-refractivity contribution >= 4 is 11.8 Å². The van der Waals surface area contributed by atoms with Crippen molar-refractivity contribution in [1.82, 2.24) is 5.32 Å². The van der Waals surface area contributed by atoms with Gasteiger partial charge in [0.2, 0.25) is 0 Å². The highest BCUT2D eigenvalue weighted by Gasteiger charge is 2.25. The second-order valence-electron chi connectivity index (χ2n) is 3.65. The zero-order valence-electron chi connectivity index (χ0n) is 8.07. The summed E-state index contributed by atoms with van der Waals surface area (Å²) in [6, 6.07) is 0. The lowest BCUT2D eigenvalue weighted by atomic mass is 10.1. The normalized spacial score (nSPS) is 22.9. The SMILES string of the molecule is FC(F)(F)CCCNCC1CCSC1. The van der Waals surface area contributed by atoms with Gasteiger partial charge in [-0.15, -0.1) is 0 Å². The van der Waals surface area contributed by atoms with Crippen LogP contribution in [0.5, 0.6) is 0 Å². The van der Waals surface area contributed by atoms with Crippen molar-refractivity contribution in [3.8, 4) is 0 Å². The first-order chi connectivity index (χ1) is 6.58. The summed E-state index contributed by atoms with van der Waals surface area (Å²) in [4.78, 5) is 0. The Balaban J connectivity index is 1.89. The Bertz CT molecular complexity index is 155. The van der Waals surface area contributed by atoms with Gasteiger partial charge in [-0.1, -0.05) is 0 Å². The molecule has 0 radical (unpaired) electrons. The van der Waals surface area contributed by atoms with Crippen LogP contribution in [0.25, 0.3) is 0 Å². The molecular weight excluding hydrogens is 211 g/mol. The van der Waals surface area contributed by atoms with E-state index in [9.17, 15) is 13.2 Å². The molecule has 1 fully saturated rings. The molecule has 1 atom stereocenters. The van der Waals surface area contributed by atoms with Crippen LogP contribution in [-0.2, 0) is 0 Å². The fraction of sp³-hybridized carbons (Fsp3) is 1.00. The molecule has 0 aromatic rings. The maximum Gasteiger partial charge on any atom is 0.389 e. The number of hydrogen-bond donors (Lipinski definition) is 1. The van der Waals surface area contributed by atoms with E-state index in [0.717, 1.165) is 12.3 Å². The molecule has 0 spiro atoms. The number of nitrogens with one attached hydrogen (secondary N) is 1. The van der Waals surface area contributed by atoms with Crippen LogP contribution in [-0.4, -0.2) is 30.8 Å². The van der Waals surface area contributed by atoms with Gasteiger partial charge in [0.1, 0.15) is 0 Å². The van der Waals surface area contributed by atoms with Gasteiger partial charge in [-0.25, -0.2) is 0 Å². The van der Waals surface area contributed by atoms with Crippen LogP contribution in [0.15, 0.2) is 0 Å². The van der Waals surface area contributed by atoms with Crippen LogP contribution < -0.4 is 5.32 Å². The van der Waals surface area contributed by atoms with Gasteiger partial charge in [0, 0.05) is 6.42 Å². The highest BCUT2D eigenvalue weighted by Crippen LogP contribution is 2.23. The molecule has 1 saturated heterocycles. The van der Waals surface area contributed by atoms with E-state index in [1.54, 1.807) is 0 Å². The third kappa shape index (κ3) is 5.75. The first-order valence-corrected chi connectivity index (χ1v) is 6.08. The fourth-order valence-corrected chi connectivity index (χ4v) is 2.75. The summed E-state index contributed by atoms with van der Waals surface area (Å²) in [7, 11) is 0. The van der Waals surface area contributed by atoms with Crippen LogP contribution in [0.1, 0.15) is 19.3 Å². The van der Waals surface area contributed by atoms with Crippen molar-refractivity contribution in [1.29, 1.82) is 0 Å². The van der Waals surface area contributed by atoms with Gasteiger partial charge in [0.25, 0.3) is 0 Å². The molecule has 0 saturated carbocycles. The highest BCUT2D eigenvalue weighted by atomic mass is 32.2. The molecule has 1 aliphatic heterocycles. The Kier molecular flexibility index (Phi) is 5.09. The lowest BCUT2D eigenvalue weighted by Gasteiger charge is -2.10. The van der Waals surface area contributed by atoms with Crippen LogP contribution in [0.2, 0.25) is 0 Å². The molecule has 0 aromatic heterocycles. The Hall–Kier alpha value is 0.100. The second kappa shape index (κ2) is 5.85. The molecule has 0 bridgehead atoms.